The Morgan fingerprint density at radius 1 is 1.26 bits per heavy atom. The molecule has 0 saturated carbocycles. The Kier molecular flexibility index (Phi) is 5.41. The average molecular weight is 333 g/mol. The molecule has 0 bridgehead atoms. The lowest BCUT2D eigenvalue weighted by atomic mass is 10.1. The van der Waals surface area contributed by atoms with E-state index in [4.69, 9.17) is 4.74 Å². The maximum absolute atomic E-state index is 12.8. The van der Waals surface area contributed by atoms with Gasteiger partial charge in [-0.1, -0.05) is 12.1 Å². The lowest BCUT2D eigenvalue weighted by Gasteiger charge is -2.06. The van der Waals surface area contributed by atoms with Gasteiger partial charge >= 0.3 is 0 Å². The van der Waals surface area contributed by atoms with Crippen LogP contribution in [0.3, 0.4) is 0 Å². The van der Waals surface area contributed by atoms with E-state index < -0.39 is 0 Å². The van der Waals surface area contributed by atoms with Gasteiger partial charge in [-0.15, -0.1) is 11.3 Å². The third kappa shape index (κ3) is 4.39. The smallest absolute Gasteiger partial charge is 0.261 e. The molecule has 1 aromatic heterocycles. The fraction of sp³-hybridized carbons (Fsp3) is 0.389. The minimum atomic E-state index is -0.221. The molecule has 3 rings (SSSR count). The molecule has 1 aromatic carbocycles. The number of benzene rings is 1. The molecule has 1 amide bonds. The first-order valence-corrected chi connectivity index (χ1v) is 8.78. The van der Waals surface area contributed by atoms with Crippen LogP contribution < -0.4 is 5.32 Å². The molecule has 2 heterocycles. The minimum Gasteiger partial charge on any atom is -0.373 e. The Bertz CT molecular complexity index is 647. The number of amides is 1. The molecular weight excluding hydrogens is 313 g/mol. The van der Waals surface area contributed by atoms with E-state index in [0.717, 1.165) is 47.6 Å². The number of rotatable bonds is 6. The summed E-state index contributed by atoms with van der Waals surface area (Å²) in [7, 11) is 0. The van der Waals surface area contributed by atoms with Gasteiger partial charge in [-0.3, -0.25) is 4.79 Å². The first-order chi connectivity index (χ1) is 11.2. The van der Waals surface area contributed by atoms with Crippen molar-refractivity contribution in [1.82, 2.24) is 5.32 Å². The van der Waals surface area contributed by atoms with E-state index in [2.05, 4.69) is 5.32 Å². The molecule has 0 radical (unpaired) electrons. The highest BCUT2D eigenvalue weighted by molar-refractivity contribution is 7.14. The summed E-state index contributed by atoms with van der Waals surface area (Å²) >= 11 is 1.52. The van der Waals surface area contributed by atoms with Gasteiger partial charge in [0.05, 0.1) is 11.0 Å². The van der Waals surface area contributed by atoms with Gasteiger partial charge < -0.3 is 10.1 Å². The Balaban J connectivity index is 1.43. The quantitative estimate of drug-likeness (QED) is 0.808. The van der Waals surface area contributed by atoms with Crippen LogP contribution in [0.1, 0.15) is 45.5 Å². The van der Waals surface area contributed by atoms with E-state index in [1.807, 2.05) is 12.1 Å². The van der Waals surface area contributed by atoms with Crippen LogP contribution in [0.4, 0.5) is 4.39 Å². The number of nitrogens with one attached hydrogen (secondary N) is 1. The molecule has 1 N–H and O–H groups in total. The third-order valence-electron chi connectivity index (χ3n) is 3.94. The van der Waals surface area contributed by atoms with Crippen molar-refractivity contribution in [3.63, 3.8) is 0 Å². The summed E-state index contributed by atoms with van der Waals surface area (Å²) in [5, 5.41) is 2.94. The summed E-state index contributed by atoms with van der Waals surface area (Å²) in [4.78, 5) is 14.0. The summed E-state index contributed by atoms with van der Waals surface area (Å²) in [6, 6.07) is 10.4. The van der Waals surface area contributed by atoms with Crippen molar-refractivity contribution in [2.45, 2.75) is 31.8 Å². The largest absolute Gasteiger partial charge is 0.373 e. The van der Waals surface area contributed by atoms with Crippen LogP contribution in [0, 0.1) is 5.82 Å². The predicted molar refractivity (Wildman–Crippen MR) is 89.3 cm³/mol. The number of thiophene rings is 1. The van der Waals surface area contributed by atoms with Crippen molar-refractivity contribution in [1.29, 1.82) is 0 Å². The fourth-order valence-electron chi connectivity index (χ4n) is 2.68. The van der Waals surface area contributed by atoms with Crippen LogP contribution in [-0.2, 0) is 11.2 Å². The van der Waals surface area contributed by atoms with Crippen molar-refractivity contribution < 1.29 is 13.9 Å². The Hall–Kier alpha value is -1.72. The summed E-state index contributed by atoms with van der Waals surface area (Å²) in [5.41, 5.74) is 1.08. The number of hydrogen-bond donors (Lipinski definition) is 1. The van der Waals surface area contributed by atoms with Crippen LogP contribution >= 0.6 is 11.3 Å². The highest BCUT2D eigenvalue weighted by Crippen LogP contribution is 2.33. The highest BCUT2D eigenvalue weighted by atomic mass is 32.1. The normalized spacial score (nSPS) is 17.3. The maximum atomic E-state index is 12.8. The molecule has 122 valence electrons. The number of halogens is 1. The molecule has 1 saturated heterocycles. The van der Waals surface area contributed by atoms with Gasteiger partial charge in [0.15, 0.2) is 0 Å². The molecule has 23 heavy (non-hydrogen) atoms. The Morgan fingerprint density at radius 3 is 2.83 bits per heavy atom. The second-order valence-corrected chi connectivity index (χ2v) is 6.80. The van der Waals surface area contributed by atoms with Gasteiger partial charge in [-0.2, -0.15) is 0 Å². The number of hydrogen-bond acceptors (Lipinski definition) is 3. The zero-order chi connectivity index (χ0) is 16.1. The van der Waals surface area contributed by atoms with Gasteiger partial charge in [-0.05, 0) is 55.5 Å². The lowest BCUT2D eigenvalue weighted by molar-refractivity contribution is 0.0957. The fourth-order valence-corrected chi connectivity index (χ4v) is 3.69. The van der Waals surface area contributed by atoms with Gasteiger partial charge in [0.2, 0.25) is 0 Å². The zero-order valence-electron chi connectivity index (χ0n) is 12.9. The van der Waals surface area contributed by atoms with Crippen LogP contribution in [0.5, 0.6) is 0 Å². The standard InChI is InChI=1S/C18H20FNO2S/c19-14-7-5-13(6-8-14)3-1-11-20-18(21)17-10-9-16(23-17)15-4-2-12-22-15/h5-10,15H,1-4,11-12H2,(H,20,21)/t15-/m0/s1. The van der Waals surface area contributed by atoms with E-state index in [0.29, 0.717) is 6.54 Å². The molecular formula is C18H20FNO2S. The molecule has 0 spiro atoms. The molecule has 2 aromatic rings. The second kappa shape index (κ2) is 7.70. The molecule has 1 aliphatic heterocycles. The van der Waals surface area contributed by atoms with Crippen LogP contribution in [0.15, 0.2) is 36.4 Å². The van der Waals surface area contributed by atoms with Gasteiger partial charge in [0.25, 0.3) is 5.91 Å². The van der Waals surface area contributed by atoms with Crippen LogP contribution in [-0.4, -0.2) is 19.1 Å². The topological polar surface area (TPSA) is 38.3 Å². The molecule has 0 aliphatic carbocycles. The Labute approximate surface area is 139 Å². The Morgan fingerprint density at radius 2 is 2.09 bits per heavy atom. The van der Waals surface area contributed by atoms with Crippen molar-refractivity contribution >= 4 is 17.2 Å². The predicted octanol–water partition coefficient (Wildman–Crippen LogP) is 4.10. The van der Waals surface area contributed by atoms with E-state index in [1.165, 1.54) is 23.5 Å². The summed E-state index contributed by atoms with van der Waals surface area (Å²) in [6.45, 7) is 1.43. The molecule has 5 heteroatoms. The van der Waals surface area contributed by atoms with Gasteiger partial charge in [-0.25, -0.2) is 4.39 Å². The average Bonchev–Trinajstić information content (AvgIpc) is 3.23. The zero-order valence-corrected chi connectivity index (χ0v) is 13.7. The summed E-state index contributed by atoms with van der Waals surface area (Å²) in [6.07, 6.45) is 3.96. The summed E-state index contributed by atoms with van der Waals surface area (Å²) < 4.78 is 18.5. The molecule has 0 unspecified atom stereocenters. The van der Waals surface area contributed by atoms with Crippen molar-refractivity contribution in [3.8, 4) is 0 Å². The van der Waals surface area contributed by atoms with Crippen molar-refractivity contribution in [2.24, 2.45) is 0 Å². The number of carbonyl (C=O) groups excluding carboxylic acids is 1. The van der Waals surface area contributed by atoms with E-state index in [-0.39, 0.29) is 17.8 Å². The monoisotopic (exact) mass is 333 g/mol. The second-order valence-electron chi connectivity index (χ2n) is 5.69. The lowest BCUT2D eigenvalue weighted by Crippen LogP contribution is -2.23. The first kappa shape index (κ1) is 16.1. The van der Waals surface area contributed by atoms with Crippen molar-refractivity contribution in [2.75, 3.05) is 13.2 Å². The van der Waals surface area contributed by atoms with Gasteiger partial charge in [0, 0.05) is 18.0 Å². The van der Waals surface area contributed by atoms with E-state index in [9.17, 15) is 9.18 Å². The van der Waals surface area contributed by atoms with Crippen LogP contribution in [0.25, 0.3) is 0 Å². The first-order valence-electron chi connectivity index (χ1n) is 7.96. The van der Waals surface area contributed by atoms with Crippen LogP contribution in [0.2, 0.25) is 0 Å². The minimum absolute atomic E-state index is 0.0293. The highest BCUT2D eigenvalue weighted by Gasteiger charge is 2.20. The van der Waals surface area contributed by atoms with E-state index in [1.54, 1.807) is 12.1 Å². The SMILES string of the molecule is O=C(NCCCc1ccc(F)cc1)c1ccc([C@@H]2CCCO2)s1. The molecule has 1 fully saturated rings. The molecule has 1 aliphatic rings. The molecule has 3 nitrogen and oxygen atoms in total. The van der Waals surface area contributed by atoms with Gasteiger partial charge in [0.1, 0.15) is 5.82 Å². The summed E-state index contributed by atoms with van der Waals surface area (Å²) in [5.74, 6) is -0.250. The number of aryl methyl sites for hydroxylation is 1. The third-order valence-corrected chi connectivity index (χ3v) is 5.11. The molecule has 1 atom stereocenters. The number of ether oxygens (including phenoxy) is 1. The maximum Gasteiger partial charge on any atom is 0.261 e. The van der Waals surface area contributed by atoms with E-state index >= 15 is 0 Å². The number of carbonyl (C=O) groups is 1. The van der Waals surface area contributed by atoms with Crippen molar-refractivity contribution in [3.05, 3.63) is 57.5 Å².